The van der Waals surface area contributed by atoms with Crippen LogP contribution in [0, 0.1) is 13.8 Å². The van der Waals surface area contributed by atoms with E-state index in [9.17, 15) is 4.79 Å². The molecule has 0 saturated carbocycles. The second-order valence-electron chi connectivity index (χ2n) is 5.82. The van der Waals surface area contributed by atoms with Crippen LogP contribution in [0.1, 0.15) is 61.5 Å². The summed E-state index contributed by atoms with van der Waals surface area (Å²) in [6.07, 6.45) is 3.42. The molecule has 1 unspecified atom stereocenters. The number of aryl methyl sites for hydroxylation is 2. The number of rotatable bonds is 8. The number of nitrogens with zero attached hydrogens (tertiary/aromatic N) is 1. The molecule has 0 fully saturated rings. The Morgan fingerprint density at radius 2 is 1.95 bits per heavy atom. The molecule has 0 spiro atoms. The predicted octanol–water partition coefficient (Wildman–Crippen LogP) is 4.39. The minimum atomic E-state index is 0.249. The fraction of sp³-hybridized carbons (Fsp3) is 0.611. The molecule has 1 rings (SSSR count). The zero-order chi connectivity index (χ0) is 15.1. The zero-order valence-electron chi connectivity index (χ0n) is 13.7. The summed E-state index contributed by atoms with van der Waals surface area (Å²) in [6.45, 7) is 12.2. The Balaban J connectivity index is 2.78. The molecule has 2 nitrogen and oxygen atoms in total. The number of carbonyl (C=O) groups excluding carboxylic acids is 1. The summed E-state index contributed by atoms with van der Waals surface area (Å²) >= 11 is 0. The smallest absolute Gasteiger partial charge is 0.177 e. The van der Waals surface area contributed by atoms with Crippen LogP contribution in [-0.2, 0) is 0 Å². The summed E-state index contributed by atoms with van der Waals surface area (Å²) < 4.78 is 0. The molecule has 20 heavy (non-hydrogen) atoms. The minimum Gasteiger partial charge on any atom is -0.293 e. The van der Waals surface area contributed by atoms with Gasteiger partial charge in [0.15, 0.2) is 5.78 Å². The molecular formula is C18H29NO. The van der Waals surface area contributed by atoms with Crippen molar-refractivity contribution in [3.8, 4) is 0 Å². The van der Waals surface area contributed by atoms with Crippen LogP contribution in [-0.4, -0.2) is 29.8 Å². The monoisotopic (exact) mass is 275 g/mol. The van der Waals surface area contributed by atoms with E-state index < -0.39 is 0 Å². The molecule has 0 bridgehead atoms. The van der Waals surface area contributed by atoms with E-state index in [0.717, 1.165) is 30.5 Å². The third kappa shape index (κ3) is 4.75. The summed E-state index contributed by atoms with van der Waals surface area (Å²) in [6, 6.07) is 6.56. The SMILES string of the molecule is CCCCN(CC(=O)c1ccc(C)cc1C)C(C)CC. The van der Waals surface area contributed by atoms with Crippen LogP contribution >= 0.6 is 0 Å². The lowest BCUT2D eigenvalue weighted by molar-refractivity contribution is 0.0894. The molecule has 112 valence electrons. The van der Waals surface area contributed by atoms with Gasteiger partial charge in [0.05, 0.1) is 6.54 Å². The van der Waals surface area contributed by atoms with Crippen LogP contribution in [0.2, 0.25) is 0 Å². The first-order chi connectivity index (χ1) is 9.49. The molecule has 0 aliphatic rings. The molecule has 0 aliphatic carbocycles. The summed E-state index contributed by atoms with van der Waals surface area (Å²) in [5, 5.41) is 0. The Bertz CT molecular complexity index is 439. The first-order valence-electron chi connectivity index (χ1n) is 7.84. The van der Waals surface area contributed by atoms with E-state index >= 15 is 0 Å². The Labute approximate surface area is 124 Å². The third-order valence-corrected chi connectivity index (χ3v) is 4.04. The van der Waals surface area contributed by atoms with Gasteiger partial charge in [0.25, 0.3) is 0 Å². The van der Waals surface area contributed by atoms with Crippen molar-refractivity contribution >= 4 is 5.78 Å². The van der Waals surface area contributed by atoms with Crippen molar-refractivity contribution in [1.82, 2.24) is 4.90 Å². The number of ketones is 1. The molecule has 0 N–H and O–H groups in total. The Morgan fingerprint density at radius 3 is 2.50 bits per heavy atom. The lowest BCUT2D eigenvalue weighted by Crippen LogP contribution is -2.38. The zero-order valence-corrected chi connectivity index (χ0v) is 13.7. The van der Waals surface area contributed by atoms with Crippen molar-refractivity contribution in [1.29, 1.82) is 0 Å². The molecule has 0 radical (unpaired) electrons. The van der Waals surface area contributed by atoms with E-state index in [1.807, 2.05) is 19.1 Å². The van der Waals surface area contributed by atoms with Gasteiger partial charge in [0, 0.05) is 11.6 Å². The van der Waals surface area contributed by atoms with Crippen LogP contribution in [0.25, 0.3) is 0 Å². The van der Waals surface area contributed by atoms with E-state index in [1.54, 1.807) is 0 Å². The van der Waals surface area contributed by atoms with E-state index in [-0.39, 0.29) is 5.78 Å². The van der Waals surface area contributed by atoms with Crippen molar-refractivity contribution in [3.05, 3.63) is 34.9 Å². The Morgan fingerprint density at radius 1 is 1.25 bits per heavy atom. The second kappa shape index (κ2) is 8.21. The van der Waals surface area contributed by atoms with Gasteiger partial charge in [-0.05, 0) is 45.7 Å². The van der Waals surface area contributed by atoms with Crippen LogP contribution < -0.4 is 0 Å². The van der Waals surface area contributed by atoms with E-state index in [2.05, 4.69) is 38.7 Å². The average Bonchev–Trinajstić information content (AvgIpc) is 2.42. The first kappa shape index (κ1) is 16.9. The van der Waals surface area contributed by atoms with Crippen molar-refractivity contribution in [2.45, 2.75) is 59.9 Å². The number of hydrogen-bond acceptors (Lipinski definition) is 2. The molecule has 0 heterocycles. The summed E-state index contributed by atoms with van der Waals surface area (Å²) in [7, 11) is 0. The summed E-state index contributed by atoms with van der Waals surface area (Å²) in [4.78, 5) is 14.9. The molecule has 1 aromatic rings. The second-order valence-corrected chi connectivity index (χ2v) is 5.82. The number of unbranched alkanes of at least 4 members (excludes halogenated alkanes) is 1. The summed E-state index contributed by atoms with van der Waals surface area (Å²) in [5.74, 6) is 0.249. The van der Waals surface area contributed by atoms with Gasteiger partial charge >= 0.3 is 0 Å². The van der Waals surface area contributed by atoms with Crippen LogP contribution in [0.15, 0.2) is 18.2 Å². The summed E-state index contributed by atoms with van der Waals surface area (Å²) in [5.41, 5.74) is 3.18. The highest BCUT2D eigenvalue weighted by Crippen LogP contribution is 2.14. The number of carbonyl (C=O) groups is 1. The van der Waals surface area contributed by atoms with E-state index in [1.165, 1.54) is 12.0 Å². The molecule has 0 aliphatic heterocycles. The topological polar surface area (TPSA) is 20.3 Å². The van der Waals surface area contributed by atoms with Crippen LogP contribution in [0.4, 0.5) is 0 Å². The fourth-order valence-corrected chi connectivity index (χ4v) is 2.47. The highest BCUT2D eigenvalue weighted by Gasteiger charge is 2.17. The predicted molar refractivity (Wildman–Crippen MR) is 86.5 cm³/mol. The molecule has 0 amide bonds. The average molecular weight is 275 g/mol. The lowest BCUT2D eigenvalue weighted by Gasteiger charge is -2.27. The van der Waals surface area contributed by atoms with Gasteiger partial charge in [-0.25, -0.2) is 0 Å². The number of benzene rings is 1. The van der Waals surface area contributed by atoms with Crippen molar-refractivity contribution in [2.24, 2.45) is 0 Å². The highest BCUT2D eigenvalue weighted by atomic mass is 16.1. The van der Waals surface area contributed by atoms with E-state index in [4.69, 9.17) is 0 Å². The number of hydrogen-bond donors (Lipinski definition) is 0. The number of Topliss-reactive ketones (excluding diaryl/α,β-unsaturated/α-hetero) is 1. The van der Waals surface area contributed by atoms with Crippen molar-refractivity contribution < 1.29 is 4.79 Å². The molecule has 0 saturated heterocycles. The maximum absolute atomic E-state index is 12.5. The third-order valence-electron chi connectivity index (χ3n) is 4.04. The van der Waals surface area contributed by atoms with Gasteiger partial charge in [-0.3, -0.25) is 9.69 Å². The highest BCUT2D eigenvalue weighted by molar-refractivity contribution is 5.99. The Hall–Kier alpha value is -1.15. The first-order valence-corrected chi connectivity index (χ1v) is 7.84. The maximum Gasteiger partial charge on any atom is 0.177 e. The standard InChI is InChI=1S/C18H29NO/c1-6-8-11-19(16(5)7-2)13-18(20)17-10-9-14(3)12-15(17)4/h9-10,12,16H,6-8,11,13H2,1-5H3. The minimum absolute atomic E-state index is 0.249. The van der Waals surface area contributed by atoms with Gasteiger partial charge < -0.3 is 0 Å². The molecular weight excluding hydrogens is 246 g/mol. The van der Waals surface area contributed by atoms with Gasteiger partial charge in [0.2, 0.25) is 0 Å². The molecule has 0 aromatic heterocycles. The maximum atomic E-state index is 12.5. The normalized spacial score (nSPS) is 12.7. The van der Waals surface area contributed by atoms with Crippen molar-refractivity contribution in [3.63, 3.8) is 0 Å². The van der Waals surface area contributed by atoms with E-state index in [0.29, 0.717) is 12.6 Å². The molecule has 1 aromatic carbocycles. The van der Waals surface area contributed by atoms with Crippen molar-refractivity contribution in [2.75, 3.05) is 13.1 Å². The largest absolute Gasteiger partial charge is 0.293 e. The quantitative estimate of drug-likeness (QED) is 0.656. The Kier molecular flexibility index (Phi) is 6.94. The molecule has 1 atom stereocenters. The van der Waals surface area contributed by atoms with Gasteiger partial charge in [-0.2, -0.15) is 0 Å². The van der Waals surface area contributed by atoms with Gasteiger partial charge in [0.1, 0.15) is 0 Å². The van der Waals surface area contributed by atoms with Gasteiger partial charge in [-0.15, -0.1) is 0 Å². The van der Waals surface area contributed by atoms with Crippen LogP contribution in [0.5, 0.6) is 0 Å². The lowest BCUT2D eigenvalue weighted by atomic mass is 10.0. The van der Waals surface area contributed by atoms with Crippen LogP contribution in [0.3, 0.4) is 0 Å². The fourth-order valence-electron chi connectivity index (χ4n) is 2.47. The van der Waals surface area contributed by atoms with Gasteiger partial charge in [-0.1, -0.05) is 44.0 Å². The molecule has 2 heteroatoms.